The van der Waals surface area contributed by atoms with Gasteiger partial charge < -0.3 is 19.7 Å². The fourth-order valence-corrected chi connectivity index (χ4v) is 8.34. The second kappa shape index (κ2) is 10.5. The molecule has 2 fully saturated rings. The molecule has 40 heavy (non-hydrogen) atoms. The molecule has 3 aromatic rings. The van der Waals surface area contributed by atoms with Gasteiger partial charge in [-0.05, 0) is 96.0 Å². The van der Waals surface area contributed by atoms with E-state index in [4.69, 9.17) is 32.7 Å². The molecule has 1 aliphatic carbocycles. The van der Waals surface area contributed by atoms with Crippen molar-refractivity contribution in [2.45, 2.75) is 43.1 Å². The van der Waals surface area contributed by atoms with Gasteiger partial charge in [0, 0.05) is 6.54 Å². The number of phenolic OH excluding ortho intramolecular Hbond substituents is 2. The van der Waals surface area contributed by atoms with Crippen LogP contribution in [0.15, 0.2) is 60.7 Å². The smallest absolute Gasteiger partial charge is 0.241 e. The summed E-state index contributed by atoms with van der Waals surface area (Å²) in [5.74, 6) is 0.840. The first kappa shape index (κ1) is 27.3. The van der Waals surface area contributed by atoms with Crippen molar-refractivity contribution < 1.29 is 28.1 Å². The molecule has 1 saturated heterocycles. The summed E-state index contributed by atoms with van der Waals surface area (Å²) in [7, 11) is -2.29. The Kier molecular flexibility index (Phi) is 7.15. The Labute approximate surface area is 243 Å². The Morgan fingerprint density at radius 1 is 0.925 bits per heavy atom. The van der Waals surface area contributed by atoms with Crippen LogP contribution in [0.4, 0.5) is 5.69 Å². The minimum atomic E-state index is -3.87. The van der Waals surface area contributed by atoms with E-state index < -0.39 is 27.5 Å². The molecular weight excluding hydrogens is 573 g/mol. The monoisotopic (exact) mass is 601 g/mol. The number of aromatic hydroxyl groups is 2. The molecule has 3 unspecified atom stereocenters. The molecule has 0 amide bonds. The van der Waals surface area contributed by atoms with Gasteiger partial charge in [-0.15, -0.1) is 0 Å². The Hall–Kier alpha value is -2.91. The zero-order valence-electron chi connectivity index (χ0n) is 21.8. The maximum atomic E-state index is 14.5. The Morgan fingerprint density at radius 2 is 1.52 bits per heavy atom. The molecule has 3 aliphatic rings. The lowest BCUT2D eigenvalue weighted by molar-refractivity contribution is 0.128. The predicted octanol–water partition coefficient (Wildman–Crippen LogP) is 6.50. The number of sulfonamides is 1. The topological polar surface area (TPSA) is 96.3 Å². The molecule has 3 aromatic carbocycles. The average molecular weight is 603 g/mol. The lowest BCUT2D eigenvalue weighted by Crippen LogP contribution is -2.46. The van der Waals surface area contributed by atoms with Crippen molar-refractivity contribution in [1.82, 2.24) is 0 Å². The van der Waals surface area contributed by atoms with E-state index in [1.165, 1.54) is 12.1 Å². The van der Waals surface area contributed by atoms with E-state index in [2.05, 4.69) is 0 Å². The second-order valence-electron chi connectivity index (χ2n) is 10.6. The maximum absolute atomic E-state index is 14.5. The summed E-state index contributed by atoms with van der Waals surface area (Å²) in [6, 6.07) is 16.8. The van der Waals surface area contributed by atoms with Gasteiger partial charge in [-0.3, -0.25) is 4.31 Å². The maximum Gasteiger partial charge on any atom is 0.241 e. The number of nitrogens with zero attached hydrogens (tertiary/aromatic N) is 1. The highest BCUT2D eigenvalue weighted by Crippen LogP contribution is 2.52. The van der Waals surface area contributed by atoms with Crippen molar-refractivity contribution >= 4 is 50.1 Å². The van der Waals surface area contributed by atoms with Crippen LogP contribution < -0.4 is 9.04 Å². The lowest BCUT2D eigenvalue weighted by atomic mass is 9.83. The number of anilines is 1. The number of ether oxygens (including phenoxy) is 2. The van der Waals surface area contributed by atoms with Crippen LogP contribution in [0.3, 0.4) is 0 Å². The third-order valence-corrected chi connectivity index (χ3v) is 11.0. The molecule has 6 rings (SSSR count). The number of hydrogen-bond donors (Lipinski definition) is 2. The third-order valence-electron chi connectivity index (χ3n) is 8.21. The lowest BCUT2D eigenvalue weighted by Gasteiger charge is -2.36. The molecule has 1 saturated carbocycles. The van der Waals surface area contributed by atoms with Crippen LogP contribution in [-0.4, -0.2) is 49.7 Å². The number of benzene rings is 3. The summed E-state index contributed by atoms with van der Waals surface area (Å²) in [6.07, 6.45) is 2.10. The SMILES string of the molecule is COc1ccc(N(CC2CCC2)S(=O)(=O)C2CC3OC2C(c2ccc(O)c(Cl)c2)=C3c2ccc(O)c(Cl)c2)cc1. The fourth-order valence-electron chi connectivity index (χ4n) is 5.89. The number of rotatable bonds is 8. The van der Waals surface area contributed by atoms with Crippen LogP contribution in [0.1, 0.15) is 36.8 Å². The first-order chi connectivity index (χ1) is 19.2. The second-order valence-corrected chi connectivity index (χ2v) is 13.4. The van der Waals surface area contributed by atoms with Crippen molar-refractivity contribution in [3.8, 4) is 17.2 Å². The highest BCUT2D eigenvalue weighted by Gasteiger charge is 2.54. The van der Waals surface area contributed by atoms with Crippen LogP contribution >= 0.6 is 23.2 Å². The molecule has 210 valence electrons. The minimum absolute atomic E-state index is 0.0455. The van der Waals surface area contributed by atoms with Gasteiger partial charge in [-0.1, -0.05) is 41.8 Å². The molecule has 0 aromatic heterocycles. The van der Waals surface area contributed by atoms with Gasteiger partial charge in [0.2, 0.25) is 10.0 Å². The van der Waals surface area contributed by atoms with Gasteiger partial charge >= 0.3 is 0 Å². The molecule has 2 aliphatic heterocycles. The quantitative estimate of drug-likeness (QED) is 0.306. The van der Waals surface area contributed by atoms with Crippen LogP contribution in [0.25, 0.3) is 11.1 Å². The van der Waals surface area contributed by atoms with Crippen molar-refractivity contribution in [3.05, 3.63) is 81.8 Å². The molecule has 2 heterocycles. The van der Waals surface area contributed by atoms with Crippen molar-refractivity contribution in [3.63, 3.8) is 0 Å². The van der Waals surface area contributed by atoms with E-state index in [1.54, 1.807) is 59.9 Å². The third kappa shape index (κ3) is 4.71. The largest absolute Gasteiger partial charge is 0.506 e. The number of fused-ring (bicyclic) bond motifs is 2. The zero-order chi connectivity index (χ0) is 28.2. The molecule has 2 bridgehead atoms. The Bertz CT molecular complexity index is 1590. The van der Waals surface area contributed by atoms with E-state index in [9.17, 15) is 18.6 Å². The molecule has 0 radical (unpaired) electrons. The number of phenols is 2. The number of hydrogen-bond acceptors (Lipinski definition) is 6. The summed E-state index contributed by atoms with van der Waals surface area (Å²) in [5, 5.41) is 19.6. The summed E-state index contributed by atoms with van der Waals surface area (Å²) in [5.41, 5.74) is 3.47. The van der Waals surface area contributed by atoms with Gasteiger partial charge in [0.05, 0.1) is 28.9 Å². The molecule has 2 N–H and O–H groups in total. The Morgan fingerprint density at radius 3 is 2.05 bits per heavy atom. The van der Waals surface area contributed by atoms with E-state index in [-0.39, 0.29) is 28.0 Å². The predicted molar refractivity (Wildman–Crippen MR) is 157 cm³/mol. The molecular formula is C30H29Cl2NO6S. The van der Waals surface area contributed by atoms with Gasteiger partial charge in [0.15, 0.2) is 0 Å². The zero-order valence-corrected chi connectivity index (χ0v) is 24.1. The van der Waals surface area contributed by atoms with Crippen LogP contribution in [-0.2, 0) is 14.8 Å². The van der Waals surface area contributed by atoms with E-state index in [0.29, 0.717) is 35.0 Å². The van der Waals surface area contributed by atoms with E-state index >= 15 is 0 Å². The van der Waals surface area contributed by atoms with Gasteiger partial charge in [-0.25, -0.2) is 8.42 Å². The first-order valence-corrected chi connectivity index (χ1v) is 15.5. The summed E-state index contributed by atoms with van der Waals surface area (Å²) in [4.78, 5) is 0. The normalized spacial score (nSPS) is 22.4. The Balaban J connectivity index is 1.44. The van der Waals surface area contributed by atoms with Crippen LogP contribution in [0.2, 0.25) is 10.0 Å². The standard InChI is InChI=1S/C30H29Cl2NO6S/c1-38-21-9-7-20(8-10-21)33(16-17-3-2-4-17)40(36,37)27-15-26-28(18-5-11-24(34)22(31)13-18)29(30(27)39-26)19-6-12-25(35)23(32)14-19/h5-14,17,26-27,30,34-35H,2-4,15-16H2,1H3. The van der Waals surface area contributed by atoms with Crippen LogP contribution in [0.5, 0.6) is 17.2 Å². The van der Waals surface area contributed by atoms with Gasteiger partial charge in [0.25, 0.3) is 0 Å². The van der Waals surface area contributed by atoms with Crippen molar-refractivity contribution in [1.29, 1.82) is 0 Å². The first-order valence-electron chi connectivity index (χ1n) is 13.2. The molecule has 0 spiro atoms. The van der Waals surface area contributed by atoms with Crippen molar-refractivity contribution in [2.24, 2.45) is 5.92 Å². The highest BCUT2D eigenvalue weighted by molar-refractivity contribution is 7.93. The van der Waals surface area contributed by atoms with Gasteiger partial charge in [0.1, 0.15) is 28.6 Å². The fraction of sp³-hybridized carbons (Fsp3) is 0.333. The minimum Gasteiger partial charge on any atom is -0.506 e. The average Bonchev–Trinajstić information content (AvgIpc) is 3.51. The molecule has 10 heteroatoms. The number of halogens is 2. The number of methoxy groups -OCH3 is 1. The van der Waals surface area contributed by atoms with Gasteiger partial charge in [-0.2, -0.15) is 0 Å². The summed E-state index contributed by atoms with van der Waals surface area (Å²) < 4.78 is 42.2. The summed E-state index contributed by atoms with van der Waals surface area (Å²) >= 11 is 12.5. The van der Waals surface area contributed by atoms with Crippen LogP contribution in [0, 0.1) is 5.92 Å². The van der Waals surface area contributed by atoms with E-state index in [1.807, 2.05) is 0 Å². The van der Waals surface area contributed by atoms with Crippen molar-refractivity contribution in [2.75, 3.05) is 18.0 Å². The molecule has 7 nitrogen and oxygen atoms in total. The van der Waals surface area contributed by atoms with E-state index in [0.717, 1.165) is 30.4 Å². The summed E-state index contributed by atoms with van der Waals surface area (Å²) in [6.45, 7) is 0.410. The highest BCUT2D eigenvalue weighted by atomic mass is 35.5. The molecule has 3 atom stereocenters.